The van der Waals surface area contributed by atoms with Crippen molar-refractivity contribution in [1.29, 1.82) is 0 Å². The summed E-state index contributed by atoms with van der Waals surface area (Å²) in [4.78, 5) is 27.3. The van der Waals surface area contributed by atoms with Gasteiger partial charge in [0.1, 0.15) is 6.04 Å². The molecule has 1 N–H and O–H groups in total. The lowest BCUT2D eigenvalue weighted by atomic mass is 10.1. The van der Waals surface area contributed by atoms with E-state index in [0.717, 1.165) is 28.4 Å². The van der Waals surface area contributed by atoms with Crippen LogP contribution in [-0.4, -0.2) is 35.1 Å². The Morgan fingerprint density at radius 1 is 1.20 bits per heavy atom. The SMILES string of the molecule is CCCCNC(=O)[C@H](C)N(Cc1cccc(Br)c1)C(=O)CSCc1ccccc1Cl. The molecule has 162 valence electrons. The number of nitrogens with zero attached hydrogens (tertiary/aromatic N) is 1. The van der Waals surface area contributed by atoms with Gasteiger partial charge in [-0.05, 0) is 42.7 Å². The Hall–Kier alpha value is -1.50. The number of hydrogen-bond acceptors (Lipinski definition) is 3. The molecule has 2 rings (SSSR count). The molecule has 2 aromatic rings. The minimum Gasteiger partial charge on any atom is -0.354 e. The highest BCUT2D eigenvalue weighted by Crippen LogP contribution is 2.22. The summed E-state index contributed by atoms with van der Waals surface area (Å²) in [5.41, 5.74) is 1.97. The number of unbranched alkanes of at least 4 members (excludes halogenated alkanes) is 1. The molecule has 2 amide bonds. The van der Waals surface area contributed by atoms with E-state index in [0.29, 0.717) is 23.9 Å². The monoisotopic (exact) mass is 510 g/mol. The summed E-state index contributed by atoms with van der Waals surface area (Å²) in [5.74, 6) is 0.743. The van der Waals surface area contributed by atoms with Crippen molar-refractivity contribution in [1.82, 2.24) is 10.2 Å². The second kappa shape index (κ2) is 13.0. The lowest BCUT2D eigenvalue weighted by Crippen LogP contribution is -2.48. The van der Waals surface area contributed by atoms with E-state index in [-0.39, 0.29) is 17.6 Å². The van der Waals surface area contributed by atoms with E-state index in [2.05, 4.69) is 28.2 Å². The van der Waals surface area contributed by atoms with Crippen LogP contribution in [0.4, 0.5) is 0 Å². The standard InChI is InChI=1S/C23H28BrClN2O2S/c1-3-4-12-26-23(29)17(2)27(14-18-8-7-10-20(24)13-18)22(28)16-30-15-19-9-5-6-11-21(19)25/h5-11,13,17H,3-4,12,14-16H2,1-2H3,(H,26,29)/t17-/m0/s1. The Bertz CT molecular complexity index is 849. The maximum Gasteiger partial charge on any atom is 0.242 e. The van der Waals surface area contributed by atoms with Crippen molar-refractivity contribution in [3.8, 4) is 0 Å². The smallest absolute Gasteiger partial charge is 0.242 e. The molecule has 0 heterocycles. The fourth-order valence-electron chi connectivity index (χ4n) is 2.90. The molecule has 0 aliphatic rings. The summed E-state index contributed by atoms with van der Waals surface area (Å²) in [6.45, 7) is 4.87. The summed E-state index contributed by atoms with van der Waals surface area (Å²) in [5, 5.41) is 3.64. The zero-order valence-electron chi connectivity index (χ0n) is 17.4. The fourth-order valence-corrected chi connectivity index (χ4v) is 4.54. The zero-order chi connectivity index (χ0) is 21.9. The molecule has 0 spiro atoms. The van der Waals surface area contributed by atoms with Crippen LogP contribution < -0.4 is 5.32 Å². The molecule has 0 aromatic heterocycles. The van der Waals surface area contributed by atoms with Crippen LogP contribution in [0.5, 0.6) is 0 Å². The minimum absolute atomic E-state index is 0.0647. The molecule has 7 heteroatoms. The quantitative estimate of drug-likeness (QED) is 0.396. The van der Waals surface area contributed by atoms with Crippen LogP contribution in [0.3, 0.4) is 0 Å². The molecule has 0 fully saturated rings. The molecule has 1 atom stereocenters. The van der Waals surface area contributed by atoms with Gasteiger partial charge in [0.25, 0.3) is 0 Å². The molecule has 0 bridgehead atoms. The molecule has 0 radical (unpaired) electrons. The number of carbonyl (C=O) groups excluding carboxylic acids is 2. The van der Waals surface area contributed by atoms with E-state index >= 15 is 0 Å². The molecule has 0 aliphatic carbocycles. The molecule has 2 aromatic carbocycles. The Morgan fingerprint density at radius 3 is 2.67 bits per heavy atom. The molecular formula is C23H28BrClN2O2S. The number of rotatable bonds is 11. The molecule has 30 heavy (non-hydrogen) atoms. The zero-order valence-corrected chi connectivity index (χ0v) is 20.5. The predicted octanol–water partition coefficient (Wildman–Crippen LogP) is 5.67. The lowest BCUT2D eigenvalue weighted by molar-refractivity contribution is -0.138. The van der Waals surface area contributed by atoms with E-state index in [1.54, 1.807) is 11.8 Å². The summed E-state index contributed by atoms with van der Waals surface area (Å²) < 4.78 is 0.945. The van der Waals surface area contributed by atoms with E-state index in [1.165, 1.54) is 11.8 Å². The first-order valence-corrected chi connectivity index (χ1v) is 12.4. The van der Waals surface area contributed by atoms with Crippen LogP contribution in [0.25, 0.3) is 0 Å². The van der Waals surface area contributed by atoms with E-state index in [1.807, 2.05) is 48.5 Å². The summed E-state index contributed by atoms with van der Waals surface area (Å²) in [6, 6.07) is 14.9. The first-order chi connectivity index (χ1) is 14.4. The number of halogens is 2. The highest BCUT2D eigenvalue weighted by molar-refractivity contribution is 9.10. The van der Waals surface area contributed by atoms with Crippen molar-refractivity contribution in [2.24, 2.45) is 0 Å². The van der Waals surface area contributed by atoms with E-state index < -0.39 is 6.04 Å². The van der Waals surface area contributed by atoms with Crippen molar-refractivity contribution in [2.75, 3.05) is 12.3 Å². The average Bonchev–Trinajstić information content (AvgIpc) is 2.73. The highest BCUT2D eigenvalue weighted by Gasteiger charge is 2.26. The highest BCUT2D eigenvalue weighted by atomic mass is 79.9. The first kappa shape index (κ1) is 24.8. The number of nitrogens with one attached hydrogen (secondary N) is 1. The molecule has 0 aliphatic heterocycles. The number of hydrogen-bond donors (Lipinski definition) is 1. The van der Waals surface area contributed by atoms with Gasteiger partial charge in [-0.1, -0.05) is 71.2 Å². The Labute approximate surface area is 196 Å². The van der Waals surface area contributed by atoms with Crippen molar-refractivity contribution in [2.45, 2.75) is 45.0 Å². The normalized spacial score (nSPS) is 11.7. The molecule has 0 saturated carbocycles. The Balaban J connectivity index is 2.05. The van der Waals surface area contributed by atoms with Crippen LogP contribution in [0.15, 0.2) is 53.0 Å². The average molecular weight is 512 g/mol. The lowest BCUT2D eigenvalue weighted by Gasteiger charge is -2.29. The van der Waals surface area contributed by atoms with Crippen LogP contribution in [0.2, 0.25) is 5.02 Å². The van der Waals surface area contributed by atoms with Gasteiger partial charge in [0.05, 0.1) is 5.75 Å². The van der Waals surface area contributed by atoms with Gasteiger partial charge >= 0.3 is 0 Å². The van der Waals surface area contributed by atoms with Gasteiger partial charge in [-0.3, -0.25) is 9.59 Å². The molecule has 0 saturated heterocycles. The van der Waals surface area contributed by atoms with Gasteiger partial charge < -0.3 is 10.2 Å². The first-order valence-electron chi connectivity index (χ1n) is 10.0. The molecular weight excluding hydrogens is 484 g/mol. The van der Waals surface area contributed by atoms with Crippen LogP contribution in [-0.2, 0) is 21.9 Å². The number of amides is 2. The number of benzene rings is 2. The van der Waals surface area contributed by atoms with Gasteiger partial charge in [-0.15, -0.1) is 11.8 Å². The third kappa shape index (κ3) is 7.97. The van der Waals surface area contributed by atoms with E-state index in [4.69, 9.17) is 11.6 Å². The largest absolute Gasteiger partial charge is 0.354 e. The second-order valence-corrected chi connectivity index (χ2v) is 9.36. The van der Waals surface area contributed by atoms with Gasteiger partial charge in [-0.2, -0.15) is 0 Å². The Morgan fingerprint density at radius 2 is 1.97 bits per heavy atom. The van der Waals surface area contributed by atoms with Crippen LogP contribution >= 0.6 is 39.3 Å². The van der Waals surface area contributed by atoms with E-state index in [9.17, 15) is 9.59 Å². The van der Waals surface area contributed by atoms with Gasteiger partial charge in [0.15, 0.2) is 0 Å². The molecule has 4 nitrogen and oxygen atoms in total. The maximum atomic E-state index is 13.1. The molecule has 0 unspecified atom stereocenters. The number of thioether (sulfide) groups is 1. The summed E-state index contributed by atoms with van der Waals surface area (Å²) in [6.07, 6.45) is 1.93. The van der Waals surface area contributed by atoms with Crippen LogP contribution in [0.1, 0.15) is 37.8 Å². The Kier molecular flexibility index (Phi) is 10.8. The maximum absolute atomic E-state index is 13.1. The van der Waals surface area contributed by atoms with Gasteiger partial charge in [0.2, 0.25) is 11.8 Å². The van der Waals surface area contributed by atoms with Gasteiger partial charge in [-0.25, -0.2) is 0 Å². The topological polar surface area (TPSA) is 49.4 Å². The number of carbonyl (C=O) groups is 2. The third-order valence-corrected chi connectivity index (χ3v) is 6.51. The third-order valence-electron chi connectivity index (χ3n) is 4.68. The van der Waals surface area contributed by atoms with Gasteiger partial charge in [0, 0.05) is 28.3 Å². The predicted molar refractivity (Wildman–Crippen MR) is 130 cm³/mol. The van der Waals surface area contributed by atoms with Crippen molar-refractivity contribution in [3.63, 3.8) is 0 Å². The minimum atomic E-state index is -0.547. The summed E-state index contributed by atoms with van der Waals surface area (Å²) in [7, 11) is 0. The van der Waals surface area contributed by atoms with Crippen molar-refractivity contribution in [3.05, 3.63) is 69.2 Å². The second-order valence-electron chi connectivity index (χ2n) is 7.06. The van der Waals surface area contributed by atoms with Crippen molar-refractivity contribution < 1.29 is 9.59 Å². The van der Waals surface area contributed by atoms with Crippen LogP contribution in [0, 0.1) is 0 Å². The van der Waals surface area contributed by atoms with Crippen molar-refractivity contribution >= 4 is 51.1 Å². The fraction of sp³-hybridized carbons (Fsp3) is 0.391. The summed E-state index contributed by atoms with van der Waals surface area (Å²) >= 11 is 11.2.